The van der Waals surface area contributed by atoms with Gasteiger partial charge in [0.25, 0.3) is 0 Å². The predicted molar refractivity (Wildman–Crippen MR) is 95.2 cm³/mol. The molecule has 1 amide bonds. The van der Waals surface area contributed by atoms with E-state index in [1.54, 1.807) is 29.9 Å². The van der Waals surface area contributed by atoms with Crippen molar-refractivity contribution in [2.75, 3.05) is 12.3 Å². The summed E-state index contributed by atoms with van der Waals surface area (Å²) in [5, 5.41) is 6.85. The molecule has 0 saturated heterocycles. The van der Waals surface area contributed by atoms with E-state index >= 15 is 0 Å². The maximum Gasteiger partial charge on any atom is 0.223 e. The van der Waals surface area contributed by atoms with Crippen LogP contribution >= 0.6 is 15.9 Å². The van der Waals surface area contributed by atoms with Crippen LogP contribution in [0.25, 0.3) is 0 Å². The number of carbonyl (C=O) groups excluding carboxylic acids is 1. The Labute approximate surface area is 150 Å². The molecule has 0 spiro atoms. The smallest absolute Gasteiger partial charge is 0.223 e. The van der Waals surface area contributed by atoms with E-state index in [4.69, 9.17) is 0 Å². The van der Waals surface area contributed by atoms with Crippen molar-refractivity contribution in [2.24, 2.45) is 5.92 Å². The van der Waals surface area contributed by atoms with Crippen molar-refractivity contribution in [3.8, 4) is 0 Å². The number of carbonyl (C=O) groups is 1. The summed E-state index contributed by atoms with van der Waals surface area (Å²) in [7, 11) is -3.48. The highest BCUT2D eigenvalue weighted by molar-refractivity contribution is 9.10. The second-order valence-corrected chi connectivity index (χ2v) is 8.50. The van der Waals surface area contributed by atoms with Crippen molar-refractivity contribution in [3.05, 3.63) is 47.2 Å². The van der Waals surface area contributed by atoms with Gasteiger partial charge in [-0.25, -0.2) is 8.42 Å². The normalized spacial score (nSPS) is 12.8. The Bertz CT molecular complexity index is 758. The lowest BCUT2D eigenvalue weighted by Gasteiger charge is -2.13. The number of halogens is 1. The Hall–Kier alpha value is -1.67. The average molecular weight is 414 g/mol. The van der Waals surface area contributed by atoms with Crippen LogP contribution < -0.4 is 5.32 Å². The van der Waals surface area contributed by atoms with E-state index in [1.807, 2.05) is 12.3 Å². The molecule has 1 aromatic carbocycles. The summed E-state index contributed by atoms with van der Waals surface area (Å²) < 4.78 is 27.3. The fourth-order valence-electron chi connectivity index (χ4n) is 2.20. The van der Waals surface area contributed by atoms with Gasteiger partial charge in [0.05, 0.1) is 10.6 Å². The Kier molecular flexibility index (Phi) is 6.56. The van der Waals surface area contributed by atoms with Gasteiger partial charge in [0.1, 0.15) is 0 Å². The molecule has 1 heterocycles. The number of nitrogens with one attached hydrogen (secondary N) is 1. The van der Waals surface area contributed by atoms with Crippen LogP contribution in [0.2, 0.25) is 0 Å². The van der Waals surface area contributed by atoms with E-state index in [2.05, 4.69) is 26.3 Å². The molecule has 0 fully saturated rings. The molecular formula is C16H20BrN3O3S. The summed E-state index contributed by atoms with van der Waals surface area (Å²) in [6, 6.07) is 8.26. The summed E-state index contributed by atoms with van der Waals surface area (Å²) in [4.78, 5) is 12.3. The van der Waals surface area contributed by atoms with Crippen molar-refractivity contribution in [3.63, 3.8) is 0 Å². The first-order valence-corrected chi connectivity index (χ1v) is 10.1. The molecule has 1 unspecified atom stereocenters. The van der Waals surface area contributed by atoms with Crippen LogP contribution in [-0.2, 0) is 21.2 Å². The van der Waals surface area contributed by atoms with Gasteiger partial charge >= 0.3 is 0 Å². The summed E-state index contributed by atoms with van der Waals surface area (Å²) in [5.41, 5.74) is 0. The first-order valence-electron chi connectivity index (χ1n) is 7.62. The maximum atomic E-state index is 12.3. The highest BCUT2D eigenvalue weighted by Gasteiger charge is 2.23. The van der Waals surface area contributed by atoms with Gasteiger partial charge in [0, 0.05) is 35.9 Å². The Morgan fingerprint density at radius 3 is 2.67 bits per heavy atom. The SMILES string of the molecule is CC(CS(=O)(=O)c1ccc(Br)cc1)C(=O)NCCCn1cccn1. The zero-order chi connectivity index (χ0) is 17.6. The molecule has 1 aromatic heterocycles. The van der Waals surface area contributed by atoms with Crippen molar-refractivity contribution < 1.29 is 13.2 Å². The summed E-state index contributed by atoms with van der Waals surface area (Å²) in [6.45, 7) is 2.82. The standard InChI is InChI=1S/C16H20BrN3O3S/c1-13(12-24(22,23)15-6-4-14(17)5-7-15)16(21)18-8-2-10-20-11-3-9-19-20/h3-7,9,11,13H,2,8,10,12H2,1H3,(H,18,21). The fourth-order valence-corrected chi connectivity index (χ4v) is 4.02. The second-order valence-electron chi connectivity index (χ2n) is 5.55. The van der Waals surface area contributed by atoms with E-state index in [0.29, 0.717) is 13.1 Å². The molecule has 24 heavy (non-hydrogen) atoms. The molecule has 2 rings (SSSR count). The van der Waals surface area contributed by atoms with Crippen LogP contribution in [0.3, 0.4) is 0 Å². The lowest BCUT2D eigenvalue weighted by Crippen LogP contribution is -2.34. The van der Waals surface area contributed by atoms with Gasteiger partial charge in [-0.1, -0.05) is 22.9 Å². The molecule has 1 atom stereocenters. The number of hydrogen-bond acceptors (Lipinski definition) is 4. The number of aryl methyl sites for hydroxylation is 1. The van der Waals surface area contributed by atoms with Gasteiger partial charge in [-0.2, -0.15) is 5.10 Å². The predicted octanol–water partition coefficient (Wildman–Crippen LogP) is 2.26. The van der Waals surface area contributed by atoms with Crippen molar-refractivity contribution in [1.82, 2.24) is 15.1 Å². The van der Waals surface area contributed by atoms with E-state index in [-0.39, 0.29) is 16.6 Å². The minimum absolute atomic E-state index is 0.209. The molecule has 2 aromatic rings. The molecular weight excluding hydrogens is 394 g/mol. The first kappa shape index (κ1) is 18.7. The van der Waals surface area contributed by atoms with Crippen LogP contribution in [0, 0.1) is 5.92 Å². The summed E-state index contributed by atoms with van der Waals surface area (Å²) >= 11 is 3.27. The molecule has 0 bridgehead atoms. The molecule has 0 aliphatic carbocycles. The minimum atomic E-state index is -3.48. The molecule has 0 saturated carbocycles. The van der Waals surface area contributed by atoms with E-state index in [1.165, 1.54) is 12.1 Å². The Morgan fingerprint density at radius 1 is 1.33 bits per heavy atom. The van der Waals surface area contributed by atoms with Gasteiger partial charge in [0.15, 0.2) is 9.84 Å². The number of rotatable bonds is 8. The van der Waals surface area contributed by atoms with Gasteiger partial charge in [-0.3, -0.25) is 9.48 Å². The van der Waals surface area contributed by atoms with Gasteiger partial charge in [-0.05, 0) is 36.8 Å². The quantitative estimate of drug-likeness (QED) is 0.672. The number of nitrogens with zero attached hydrogens (tertiary/aromatic N) is 2. The molecule has 6 nitrogen and oxygen atoms in total. The third-order valence-corrected chi connectivity index (χ3v) is 5.97. The van der Waals surface area contributed by atoms with E-state index in [0.717, 1.165) is 10.9 Å². The molecule has 1 N–H and O–H groups in total. The monoisotopic (exact) mass is 413 g/mol. The number of sulfone groups is 1. The first-order chi connectivity index (χ1) is 11.4. The van der Waals surface area contributed by atoms with Gasteiger partial charge in [-0.15, -0.1) is 0 Å². The number of benzene rings is 1. The van der Waals surface area contributed by atoms with Crippen LogP contribution in [-0.4, -0.2) is 36.4 Å². The zero-order valence-electron chi connectivity index (χ0n) is 13.4. The van der Waals surface area contributed by atoms with Crippen molar-refractivity contribution in [1.29, 1.82) is 0 Å². The lowest BCUT2D eigenvalue weighted by molar-refractivity contribution is -0.123. The van der Waals surface area contributed by atoms with Crippen LogP contribution in [0.15, 0.2) is 52.1 Å². The van der Waals surface area contributed by atoms with Crippen molar-refractivity contribution >= 4 is 31.7 Å². The fraction of sp³-hybridized carbons (Fsp3) is 0.375. The molecule has 130 valence electrons. The van der Waals surface area contributed by atoms with Gasteiger partial charge in [0.2, 0.25) is 5.91 Å². The van der Waals surface area contributed by atoms with E-state index in [9.17, 15) is 13.2 Å². The molecule has 0 aliphatic heterocycles. The van der Waals surface area contributed by atoms with Gasteiger partial charge < -0.3 is 5.32 Å². The third kappa shape index (κ3) is 5.45. The Morgan fingerprint density at radius 2 is 2.04 bits per heavy atom. The largest absolute Gasteiger partial charge is 0.356 e. The summed E-state index contributed by atoms with van der Waals surface area (Å²) in [5.74, 6) is -1.07. The van der Waals surface area contributed by atoms with Crippen molar-refractivity contribution in [2.45, 2.75) is 24.8 Å². The molecule has 0 aliphatic rings. The highest BCUT2D eigenvalue weighted by Crippen LogP contribution is 2.17. The molecule has 0 radical (unpaired) electrons. The van der Waals surface area contributed by atoms with Crippen LogP contribution in [0.4, 0.5) is 0 Å². The topological polar surface area (TPSA) is 81.1 Å². The zero-order valence-corrected chi connectivity index (χ0v) is 15.8. The maximum absolute atomic E-state index is 12.3. The highest BCUT2D eigenvalue weighted by atomic mass is 79.9. The van der Waals surface area contributed by atoms with Crippen LogP contribution in [0.1, 0.15) is 13.3 Å². The van der Waals surface area contributed by atoms with E-state index < -0.39 is 15.8 Å². The number of amides is 1. The lowest BCUT2D eigenvalue weighted by atomic mass is 10.2. The third-order valence-electron chi connectivity index (χ3n) is 3.51. The Balaban J connectivity index is 1.80. The number of hydrogen-bond donors (Lipinski definition) is 1. The minimum Gasteiger partial charge on any atom is -0.356 e. The summed E-state index contributed by atoms with van der Waals surface area (Å²) in [6.07, 6.45) is 4.29. The average Bonchev–Trinajstić information content (AvgIpc) is 3.04. The second kappa shape index (κ2) is 8.43. The number of aromatic nitrogens is 2. The molecule has 8 heteroatoms. The van der Waals surface area contributed by atoms with Crippen LogP contribution in [0.5, 0.6) is 0 Å².